The predicted molar refractivity (Wildman–Crippen MR) is 143 cm³/mol. The summed E-state index contributed by atoms with van der Waals surface area (Å²) < 4.78 is 12.5. The van der Waals surface area contributed by atoms with Gasteiger partial charge in [0.1, 0.15) is 0 Å². The van der Waals surface area contributed by atoms with E-state index in [1.165, 1.54) is 11.1 Å². The second kappa shape index (κ2) is 15.9. The largest absolute Gasteiger partial charge is 0.391 e. The topological polar surface area (TPSA) is 79.8 Å². The number of allylic oxidation sites excluding steroid dienone is 7. The highest BCUT2D eigenvalue weighted by Crippen LogP contribution is 2.26. The van der Waals surface area contributed by atoms with Gasteiger partial charge in [0.2, 0.25) is 5.91 Å². The van der Waals surface area contributed by atoms with E-state index in [9.17, 15) is 9.90 Å². The van der Waals surface area contributed by atoms with E-state index in [0.29, 0.717) is 13.0 Å². The van der Waals surface area contributed by atoms with Gasteiger partial charge in [0, 0.05) is 25.0 Å². The fourth-order valence-electron chi connectivity index (χ4n) is 4.52. The Morgan fingerprint density at radius 2 is 1.94 bits per heavy atom. The van der Waals surface area contributed by atoms with Crippen LogP contribution in [-0.4, -0.2) is 55.2 Å². The molecule has 0 aliphatic carbocycles. The Balaban J connectivity index is 2.16. The minimum Gasteiger partial charge on any atom is -0.391 e. The van der Waals surface area contributed by atoms with E-state index in [4.69, 9.17) is 9.47 Å². The Morgan fingerprint density at radius 3 is 2.69 bits per heavy atom. The van der Waals surface area contributed by atoms with Crippen molar-refractivity contribution in [1.29, 1.82) is 0 Å². The van der Waals surface area contributed by atoms with Crippen molar-refractivity contribution in [3.05, 3.63) is 59.8 Å². The standard InChI is InChI=1S/C29H46N2O4/c1-21-13-9-7-6-8-12-18-31-27(33)15-11-10-14-23(3)26(17-16-22(2)19-21)35-28-20-25(32)29(30-5)24(4)34-28/h7,9-11,13-16,23-26,28-30,32H,6,8,12,17-20H2,1-5H3,(H,31,33). The third-order valence-corrected chi connectivity index (χ3v) is 6.61. The Morgan fingerprint density at radius 1 is 1.14 bits per heavy atom. The lowest BCUT2D eigenvalue weighted by molar-refractivity contribution is -0.241. The molecule has 0 radical (unpaired) electrons. The average Bonchev–Trinajstić information content (AvgIpc) is 2.80. The summed E-state index contributed by atoms with van der Waals surface area (Å²) >= 11 is 0. The van der Waals surface area contributed by atoms with Crippen molar-refractivity contribution in [2.45, 2.75) is 96.9 Å². The smallest absolute Gasteiger partial charge is 0.243 e. The molecule has 0 aromatic carbocycles. The zero-order valence-electron chi connectivity index (χ0n) is 22.2. The lowest BCUT2D eigenvalue weighted by Crippen LogP contribution is -2.54. The fourth-order valence-corrected chi connectivity index (χ4v) is 4.52. The van der Waals surface area contributed by atoms with Crippen molar-refractivity contribution in [1.82, 2.24) is 10.6 Å². The van der Waals surface area contributed by atoms with Gasteiger partial charge < -0.3 is 25.2 Å². The monoisotopic (exact) mass is 486 g/mol. The van der Waals surface area contributed by atoms with Gasteiger partial charge in [-0.05, 0) is 59.9 Å². The van der Waals surface area contributed by atoms with Crippen LogP contribution in [-0.2, 0) is 14.3 Å². The first kappa shape index (κ1) is 29.2. The number of hydrogen-bond donors (Lipinski definition) is 3. The van der Waals surface area contributed by atoms with Crippen molar-refractivity contribution in [2.75, 3.05) is 13.6 Å². The first-order valence-corrected chi connectivity index (χ1v) is 13.1. The normalized spacial score (nSPS) is 32.5. The summed E-state index contributed by atoms with van der Waals surface area (Å²) in [5.74, 6) is 0.0184. The van der Waals surface area contributed by atoms with E-state index in [2.05, 4.69) is 61.8 Å². The number of rotatable bonds is 3. The molecule has 0 aromatic rings. The van der Waals surface area contributed by atoms with Gasteiger partial charge in [-0.25, -0.2) is 0 Å². The van der Waals surface area contributed by atoms with Crippen LogP contribution in [0.5, 0.6) is 0 Å². The molecule has 2 aliphatic rings. The predicted octanol–water partition coefficient (Wildman–Crippen LogP) is 4.73. The van der Waals surface area contributed by atoms with Crippen LogP contribution in [0.1, 0.15) is 66.2 Å². The number of carbonyl (C=O) groups excluding carboxylic acids is 1. The Bertz CT molecular complexity index is 787. The third kappa shape index (κ3) is 11.1. The minimum absolute atomic E-state index is 0.0742. The highest BCUT2D eigenvalue weighted by atomic mass is 16.7. The van der Waals surface area contributed by atoms with Gasteiger partial charge in [-0.1, -0.05) is 60.6 Å². The first-order valence-electron chi connectivity index (χ1n) is 13.1. The molecule has 6 atom stereocenters. The molecule has 0 saturated carbocycles. The number of aliphatic hydroxyl groups excluding tert-OH is 1. The summed E-state index contributed by atoms with van der Waals surface area (Å²) in [6.45, 7) is 9.07. The van der Waals surface area contributed by atoms with Crippen LogP contribution in [0.4, 0.5) is 0 Å². The van der Waals surface area contributed by atoms with Crippen LogP contribution >= 0.6 is 0 Å². The number of amides is 1. The number of ether oxygens (including phenoxy) is 2. The van der Waals surface area contributed by atoms with Gasteiger partial charge in [-0.3, -0.25) is 4.79 Å². The molecule has 1 saturated heterocycles. The quantitative estimate of drug-likeness (QED) is 0.503. The van der Waals surface area contributed by atoms with Crippen LogP contribution in [0.3, 0.4) is 0 Å². The van der Waals surface area contributed by atoms with Gasteiger partial charge in [0.25, 0.3) is 0 Å². The molecule has 35 heavy (non-hydrogen) atoms. The number of hydrogen-bond acceptors (Lipinski definition) is 5. The lowest BCUT2D eigenvalue weighted by atomic mass is 9.97. The molecule has 0 aromatic heterocycles. The second-order valence-corrected chi connectivity index (χ2v) is 9.86. The highest BCUT2D eigenvalue weighted by Gasteiger charge is 2.36. The van der Waals surface area contributed by atoms with Gasteiger partial charge in [-0.2, -0.15) is 0 Å². The average molecular weight is 487 g/mol. The van der Waals surface area contributed by atoms with E-state index in [1.54, 1.807) is 12.2 Å². The lowest BCUT2D eigenvalue weighted by Gasteiger charge is -2.39. The number of carbonyl (C=O) groups is 1. The molecule has 6 heteroatoms. The summed E-state index contributed by atoms with van der Waals surface area (Å²) in [5, 5.41) is 16.6. The molecule has 3 N–H and O–H groups in total. The van der Waals surface area contributed by atoms with Crippen molar-refractivity contribution >= 4 is 5.91 Å². The molecule has 196 valence electrons. The van der Waals surface area contributed by atoms with Crippen LogP contribution in [0.15, 0.2) is 59.8 Å². The Kier molecular flexibility index (Phi) is 13.3. The maximum absolute atomic E-state index is 12.0. The number of likely N-dealkylation sites (N-methyl/N-ethyl adjacent to an activating group) is 1. The van der Waals surface area contributed by atoms with E-state index < -0.39 is 12.4 Å². The van der Waals surface area contributed by atoms with Crippen molar-refractivity contribution in [3.8, 4) is 0 Å². The molecular formula is C29H46N2O4. The van der Waals surface area contributed by atoms with Gasteiger partial charge in [-0.15, -0.1) is 0 Å². The SMILES string of the molecule is CNC1C(O)CC(OC2CC=C(C)CC(C)=CC=CCCCCNC(=O)C=CC=CC2C)OC1C. The molecule has 2 aliphatic heterocycles. The van der Waals surface area contributed by atoms with E-state index in [0.717, 1.165) is 32.1 Å². The van der Waals surface area contributed by atoms with Gasteiger partial charge >= 0.3 is 0 Å². The highest BCUT2D eigenvalue weighted by molar-refractivity contribution is 5.87. The molecule has 6 nitrogen and oxygen atoms in total. The third-order valence-electron chi connectivity index (χ3n) is 6.61. The summed E-state index contributed by atoms with van der Waals surface area (Å²) in [6.07, 6.45) is 19.9. The maximum Gasteiger partial charge on any atom is 0.243 e. The zero-order valence-corrected chi connectivity index (χ0v) is 22.2. The molecule has 2 heterocycles. The van der Waals surface area contributed by atoms with E-state index in [-0.39, 0.29) is 30.1 Å². The molecule has 1 amide bonds. The van der Waals surface area contributed by atoms with E-state index >= 15 is 0 Å². The molecule has 0 bridgehead atoms. The molecule has 6 unspecified atom stereocenters. The van der Waals surface area contributed by atoms with Gasteiger partial charge in [0.15, 0.2) is 6.29 Å². The van der Waals surface area contributed by atoms with Crippen LogP contribution in [0.25, 0.3) is 0 Å². The summed E-state index contributed by atoms with van der Waals surface area (Å²) in [4.78, 5) is 12.0. The van der Waals surface area contributed by atoms with Crippen LogP contribution in [0.2, 0.25) is 0 Å². The van der Waals surface area contributed by atoms with E-state index in [1.807, 2.05) is 20.0 Å². The minimum atomic E-state index is -0.522. The Labute approximate surface area is 212 Å². The van der Waals surface area contributed by atoms with Crippen LogP contribution < -0.4 is 10.6 Å². The molecular weight excluding hydrogens is 440 g/mol. The number of aliphatic hydroxyl groups is 1. The fraction of sp³-hybridized carbons (Fsp3) is 0.621. The zero-order chi connectivity index (χ0) is 25.6. The second-order valence-electron chi connectivity index (χ2n) is 9.86. The molecule has 0 spiro atoms. The maximum atomic E-state index is 12.0. The summed E-state index contributed by atoms with van der Waals surface area (Å²) in [6, 6.07) is -0.104. The van der Waals surface area contributed by atoms with Crippen molar-refractivity contribution < 1.29 is 19.4 Å². The van der Waals surface area contributed by atoms with Crippen molar-refractivity contribution in [3.63, 3.8) is 0 Å². The van der Waals surface area contributed by atoms with Crippen LogP contribution in [0, 0.1) is 5.92 Å². The molecule has 2 rings (SSSR count). The van der Waals surface area contributed by atoms with Crippen molar-refractivity contribution in [2.24, 2.45) is 5.92 Å². The first-order chi connectivity index (χ1) is 16.8. The summed E-state index contributed by atoms with van der Waals surface area (Å²) in [7, 11) is 1.84. The Hall–Kier alpha value is -1.99. The molecule has 1 fully saturated rings. The van der Waals surface area contributed by atoms with Gasteiger partial charge in [0.05, 0.1) is 24.4 Å². The summed E-state index contributed by atoms with van der Waals surface area (Å²) in [5.41, 5.74) is 2.62. The number of nitrogens with one attached hydrogen (secondary N) is 2.